The predicted molar refractivity (Wildman–Crippen MR) is 97.8 cm³/mol. The quantitative estimate of drug-likeness (QED) is 0.808. The van der Waals surface area contributed by atoms with Crippen LogP contribution in [0.2, 0.25) is 5.02 Å². The number of nitrogens with zero attached hydrogens (tertiary/aromatic N) is 1. The zero-order valence-corrected chi connectivity index (χ0v) is 14.9. The molecule has 6 heteroatoms. The van der Waals surface area contributed by atoms with Crippen LogP contribution in [0.5, 0.6) is 5.75 Å². The van der Waals surface area contributed by atoms with Crippen molar-refractivity contribution in [3.63, 3.8) is 0 Å². The molecule has 1 N–H and O–H groups in total. The first-order valence-electron chi connectivity index (χ1n) is 7.84. The van der Waals surface area contributed by atoms with Crippen molar-refractivity contribution in [2.24, 2.45) is 0 Å². The van der Waals surface area contributed by atoms with Crippen LogP contribution in [0.3, 0.4) is 0 Å². The number of rotatable bonds is 7. The Morgan fingerprint density at radius 3 is 2.44 bits per heavy atom. The molecule has 2 rings (SSSR count). The fraction of sp³-hybridized carbons (Fsp3) is 0.263. The van der Waals surface area contributed by atoms with Gasteiger partial charge in [-0.25, -0.2) is 0 Å². The number of ether oxygens (including phenoxy) is 1. The maximum Gasteiger partial charge on any atom is 0.303 e. The highest BCUT2D eigenvalue weighted by molar-refractivity contribution is 6.30. The van der Waals surface area contributed by atoms with Crippen molar-refractivity contribution >= 4 is 29.2 Å². The number of carboxylic acids is 1. The molecule has 0 bridgehead atoms. The number of aliphatic carboxylic acids is 1. The first-order valence-corrected chi connectivity index (χ1v) is 8.22. The summed E-state index contributed by atoms with van der Waals surface area (Å²) in [6, 6.07) is 12.1. The van der Waals surface area contributed by atoms with Crippen LogP contribution in [0.1, 0.15) is 28.8 Å². The molecule has 0 unspecified atom stereocenters. The Labute approximate surface area is 151 Å². The summed E-state index contributed by atoms with van der Waals surface area (Å²) in [4.78, 5) is 25.0. The van der Waals surface area contributed by atoms with E-state index in [1.165, 1.54) is 0 Å². The van der Waals surface area contributed by atoms with E-state index in [4.69, 9.17) is 21.4 Å². The fourth-order valence-corrected chi connectivity index (χ4v) is 2.65. The average Bonchev–Trinajstić information content (AvgIpc) is 2.61. The largest absolute Gasteiger partial charge is 0.497 e. The van der Waals surface area contributed by atoms with Gasteiger partial charge in [-0.2, -0.15) is 0 Å². The molecule has 2 aromatic carbocycles. The first kappa shape index (κ1) is 18.8. The number of carbonyl (C=O) groups is 2. The van der Waals surface area contributed by atoms with E-state index >= 15 is 0 Å². The third-order valence-electron chi connectivity index (χ3n) is 3.89. The van der Waals surface area contributed by atoms with Gasteiger partial charge in [0.05, 0.1) is 12.8 Å². The van der Waals surface area contributed by atoms with Gasteiger partial charge in [-0.05, 0) is 48.7 Å². The topological polar surface area (TPSA) is 66.8 Å². The Hall–Kier alpha value is -2.53. The van der Waals surface area contributed by atoms with Crippen LogP contribution in [0.15, 0.2) is 42.5 Å². The van der Waals surface area contributed by atoms with E-state index in [2.05, 4.69) is 0 Å². The molecule has 0 spiro atoms. The number of hydrogen-bond donors (Lipinski definition) is 1. The molecular formula is C19H20ClNO4. The molecule has 0 atom stereocenters. The normalized spacial score (nSPS) is 10.4. The van der Waals surface area contributed by atoms with Gasteiger partial charge in [0.15, 0.2) is 0 Å². The molecule has 2 aromatic rings. The minimum Gasteiger partial charge on any atom is -0.497 e. The summed E-state index contributed by atoms with van der Waals surface area (Å²) >= 11 is 5.87. The lowest BCUT2D eigenvalue weighted by molar-refractivity contribution is -0.137. The molecule has 0 aliphatic rings. The average molecular weight is 362 g/mol. The van der Waals surface area contributed by atoms with E-state index in [1.807, 2.05) is 6.07 Å². The highest BCUT2D eigenvalue weighted by atomic mass is 35.5. The van der Waals surface area contributed by atoms with Crippen molar-refractivity contribution < 1.29 is 19.4 Å². The fourth-order valence-electron chi connectivity index (χ4n) is 2.52. The Morgan fingerprint density at radius 2 is 1.84 bits per heavy atom. The van der Waals surface area contributed by atoms with Crippen LogP contribution in [0.4, 0.5) is 5.69 Å². The van der Waals surface area contributed by atoms with Gasteiger partial charge < -0.3 is 14.7 Å². The first-order chi connectivity index (χ1) is 11.9. The summed E-state index contributed by atoms with van der Waals surface area (Å²) < 4.78 is 5.25. The minimum atomic E-state index is -0.833. The van der Waals surface area contributed by atoms with Crippen molar-refractivity contribution in [2.45, 2.75) is 19.3 Å². The van der Waals surface area contributed by atoms with Gasteiger partial charge in [-0.15, -0.1) is 0 Å². The van der Waals surface area contributed by atoms with E-state index in [0.717, 1.165) is 5.56 Å². The number of benzene rings is 2. The Morgan fingerprint density at radius 1 is 1.16 bits per heavy atom. The molecule has 0 heterocycles. The Balaban J connectivity index is 2.28. The second-order valence-electron chi connectivity index (χ2n) is 5.61. The number of carbonyl (C=O) groups excluding carboxylic acids is 1. The zero-order valence-electron chi connectivity index (χ0n) is 14.2. The van der Waals surface area contributed by atoms with Crippen molar-refractivity contribution in [1.82, 2.24) is 0 Å². The molecule has 1 amide bonds. The van der Waals surface area contributed by atoms with Crippen molar-refractivity contribution in [3.8, 4) is 5.75 Å². The van der Waals surface area contributed by atoms with Crippen LogP contribution in [0, 0.1) is 0 Å². The lowest BCUT2D eigenvalue weighted by Crippen LogP contribution is -2.27. The summed E-state index contributed by atoms with van der Waals surface area (Å²) in [5.74, 6) is -0.377. The highest BCUT2D eigenvalue weighted by Gasteiger charge is 2.17. The monoisotopic (exact) mass is 361 g/mol. The van der Waals surface area contributed by atoms with Gasteiger partial charge in [-0.3, -0.25) is 9.59 Å². The molecule has 0 aliphatic carbocycles. The number of hydrogen-bond acceptors (Lipinski definition) is 3. The molecule has 0 saturated carbocycles. The van der Waals surface area contributed by atoms with E-state index in [0.29, 0.717) is 34.9 Å². The third-order valence-corrected chi connectivity index (χ3v) is 4.14. The van der Waals surface area contributed by atoms with Gasteiger partial charge in [0, 0.05) is 30.1 Å². The minimum absolute atomic E-state index is 0.0836. The molecule has 25 heavy (non-hydrogen) atoms. The van der Waals surface area contributed by atoms with Crippen molar-refractivity contribution in [3.05, 3.63) is 58.6 Å². The molecular weight excluding hydrogens is 342 g/mol. The predicted octanol–water partition coefficient (Wildman–Crippen LogP) is 4.03. The van der Waals surface area contributed by atoms with Gasteiger partial charge in [0.25, 0.3) is 5.91 Å². The van der Waals surface area contributed by atoms with Crippen LogP contribution >= 0.6 is 11.6 Å². The lowest BCUT2D eigenvalue weighted by Gasteiger charge is -2.22. The summed E-state index contributed by atoms with van der Waals surface area (Å²) in [6.45, 7) is 0. The van der Waals surface area contributed by atoms with Gasteiger partial charge in [-0.1, -0.05) is 17.7 Å². The lowest BCUT2D eigenvalue weighted by atomic mass is 10.0. The second-order valence-corrected chi connectivity index (χ2v) is 6.05. The van der Waals surface area contributed by atoms with Crippen LogP contribution in [0.25, 0.3) is 0 Å². The molecule has 0 aliphatic heterocycles. The van der Waals surface area contributed by atoms with E-state index < -0.39 is 5.97 Å². The standard InChI is InChI=1S/C19H20ClNO4/c1-21(19(24)14-6-9-15(20)10-7-14)17-12-16(25-2)11-8-13(17)4-3-5-18(22)23/h6-12H,3-5H2,1-2H3,(H,22,23). The Kier molecular flexibility index (Phi) is 6.42. The number of aryl methyl sites for hydroxylation is 1. The summed E-state index contributed by atoms with van der Waals surface area (Å²) in [6.07, 6.45) is 1.14. The number of anilines is 1. The van der Waals surface area contributed by atoms with E-state index in [9.17, 15) is 9.59 Å². The number of amides is 1. The molecule has 0 radical (unpaired) electrons. The number of carboxylic acid groups (broad SMARTS) is 1. The maximum atomic E-state index is 12.7. The van der Waals surface area contributed by atoms with Crippen LogP contribution < -0.4 is 9.64 Å². The van der Waals surface area contributed by atoms with Crippen LogP contribution in [-0.2, 0) is 11.2 Å². The van der Waals surface area contributed by atoms with Gasteiger partial charge in [0.1, 0.15) is 5.75 Å². The summed E-state index contributed by atoms with van der Waals surface area (Å²) in [5, 5.41) is 9.38. The maximum absolute atomic E-state index is 12.7. The highest BCUT2D eigenvalue weighted by Crippen LogP contribution is 2.28. The number of halogens is 1. The number of methoxy groups -OCH3 is 1. The zero-order chi connectivity index (χ0) is 18.4. The smallest absolute Gasteiger partial charge is 0.303 e. The molecule has 0 aromatic heterocycles. The van der Waals surface area contributed by atoms with Crippen LogP contribution in [-0.4, -0.2) is 31.1 Å². The SMILES string of the molecule is COc1ccc(CCCC(=O)O)c(N(C)C(=O)c2ccc(Cl)cc2)c1. The van der Waals surface area contributed by atoms with Crippen molar-refractivity contribution in [2.75, 3.05) is 19.1 Å². The molecule has 132 valence electrons. The molecule has 0 fully saturated rings. The van der Waals surface area contributed by atoms with E-state index in [-0.39, 0.29) is 12.3 Å². The summed E-state index contributed by atoms with van der Waals surface area (Å²) in [7, 11) is 3.25. The van der Waals surface area contributed by atoms with Crippen molar-refractivity contribution in [1.29, 1.82) is 0 Å². The van der Waals surface area contributed by atoms with Gasteiger partial charge in [0.2, 0.25) is 0 Å². The van der Waals surface area contributed by atoms with E-state index in [1.54, 1.807) is 55.5 Å². The molecule has 0 saturated heterocycles. The summed E-state index contributed by atoms with van der Waals surface area (Å²) in [5.41, 5.74) is 2.11. The Bertz CT molecular complexity index is 759. The molecule has 5 nitrogen and oxygen atoms in total. The van der Waals surface area contributed by atoms with Gasteiger partial charge >= 0.3 is 5.97 Å². The third kappa shape index (κ3) is 4.97. The second kappa shape index (κ2) is 8.53.